The smallest absolute Gasteiger partial charge is 0.267 e. The number of carbonyl (C=O) groups excluding carboxylic acids is 1. The van der Waals surface area contributed by atoms with Crippen molar-refractivity contribution in [2.24, 2.45) is 11.8 Å². The Labute approximate surface area is 169 Å². The van der Waals surface area contributed by atoms with Crippen LogP contribution in [0.4, 0.5) is 10.3 Å². The van der Waals surface area contributed by atoms with Crippen molar-refractivity contribution in [2.75, 3.05) is 24.5 Å². The Kier molecular flexibility index (Phi) is 5.22. The summed E-state index contributed by atoms with van der Waals surface area (Å²) in [6, 6.07) is 8.11. The molecule has 1 saturated heterocycles. The highest BCUT2D eigenvalue weighted by molar-refractivity contribution is 5.98. The lowest BCUT2D eigenvalue weighted by atomic mass is 9.87. The van der Waals surface area contributed by atoms with Crippen LogP contribution >= 0.6 is 0 Å². The Morgan fingerprint density at radius 3 is 2.76 bits per heavy atom. The Balaban J connectivity index is 1.42. The first-order valence-electron chi connectivity index (χ1n) is 10.0. The third-order valence-electron chi connectivity index (χ3n) is 5.72. The van der Waals surface area contributed by atoms with Gasteiger partial charge in [0.1, 0.15) is 11.5 Å². The summed E-state index contributed by atoms with van der Waals surface area (Å²) in [5, 5.41) is 3.73. The molecule has 29 heavy (non-hydrogen) atoms. The van der Waals surface area contributed by atoms with E-state index in [-0.39, 0.29) is 11.7 Å². The van der Waals surface area contributed by atoms with Gasteiger partial charge in [0.05, 0.1) is 0 Å². The Bertz CT molecular complexity index is 1030. The molecule has 1 aliphatic rings. The monoisotopic (exact) mass is 395 g/mol. The van der Waals surface area contributed by atoms with Gasteiger partial charge in [-0.1, -0.05) is 6.92 Å². The summed E-state index contributed by atoms with van der Waals surface area (Å²) in [5.41, 5.74) is 3.13. The molecule has 3 heterocycles. The van der Waals surface area contributed by atoms with Gasteiger partial charge >= 0.3 is 0 Å². The van der Waals surface area contributed by atoms with Crippen molar-refractivity contribution < 1.29 is 9.18 Å². The molecule has 6 nitrogen and oxygen atoms in total. The van der Waals surface area contributed by atoms with Gasteiger partial charge in [-0.3, -0.25) is 4.79 Å². The molecular weight excluding hydrogens is 369 g/mol. The number of nitrogens with zero attached hydrogens (tertiary/aromatic N) is 3. The first kappa shape index (κ1) is 19.4. The van der Waals surface area contributed by atoms with Crippen LogP contribution in [0.15, 0.2) is 30.3 Å². The van der Waals surface area contributed by atoms with Crippen molar-refractivity contribution in [1.82, 2.24) is 20.3 Å². The fraction of sp³-hybridized carbons (Fsp3) is 0.409. The SMILES string of the molecule is Cc1cc(C)nc(N2CCC(C)C(CNC(=O)c3cc4cc(F)ccc4[nH]3)C2)n1. The molecule has 1 amide bonds. The summed E-state index contributed by atoms with van der Waals surface area (Å²) in [5.74, 6) is 1.08. The van der Waals surface area contributed by atoms with E-state index in [0.717, 1.165) is 42.4 Å². The zero-order valence-electron chi connectivity index (χ0n) is 17.0. The highest BCUT2D eigenvalue weighted by Crippen LogP contribution is 2.26. The van der Waals surface area contributed by atoms with Gasteiger partial charge in [-0.2, -0.15) is 0 Å². The number of piperidine rings is 1. The minimum atomic E-state index is -0.312. The number of amides is 1. The van der Waals surface area contributed by atoms with E-state index in [2.05, 4.69) is 32.1 Å². The van der Waals surface area contributed by atoms with Crippen molar-refractivity contribution in [2.45, 2.75) is 27.2 Å². The van der Waals surface area contributed by atoms with E-state index in [0.29, 0.717) is 29.5 Å². The zero-order valence-corrected chi connectivity index (χ0v) is 17.0. The number of anilines is 1. The summed E-state index contributed by atoms with van der Waals surface area (Å²) in [6.45, 7) is 8.49. The summed E-state index contributed by atoms with van der Waals surface area (Å²) in [4.78, 5) is 27.1. The molecule has 0 saturated carbocycles. The molecule has 0 spiro atoms. The molecule has 2 atom stereocenters. The molecule has 7 heteroatoms. The summed E-state index contributed by atoms with van der Waals surface area (Å²) >= 11 is 0. The fourth-order valence-electron chi connectivity index (χ4n) is 3.99. The Morgan fingerprint density at radius 1 is 1.24 bits per heavy atom. The maximum absolute atomic E-state index is 13.4. The topological polar surface area (TPSA) is 73.9 Å². The van der Waals surface area contributed by atoms with Crippen LogP contribution in [0.5, 0.6) is 0 Å². The second kappa shape index (κ2) is 7.81. The number of aryl methyl sites for hydroxylation is 2. The van der Waals surface area contributed by atoms with E-state index in [1.165, 1.54) is 12.1 Å². The summed E-state index contributed by atoms with van der Waals surface area (Å²) < 4.78 is 13.4. The number of aromatic nitrogens is 3. The molecule has 3 aromatic rings. The lowest BCUT2D eigenvalue weighted by Gasteiger charge is -2.37. The Hall–Kier alpha value is -2.96. The second-order valence-corrected chi connectivity index (χ2v) is 8.05. The highest BCUT2D eigenvalue weighted by Gasteiger charge is 2.28. The molecule has 0 radical (unpaired) electrons. The molecule has 152 valence electrons. The minimum Gasteiger partial charge on any atom is -0.351 e. The standard InChI is InChI=1S/C22H26FN5O/c1-13-6-7-28(22-25-14(2)8-15(3)26-22)12-17(13)11-24-21(29)20-10-16-9-18(23)4-5-19(16)27-20/h4-5,8-10,13,17,27H,6-7,11-12H2,1-3H3,(H,24,29). The zero-order chi connectivity index (χ0) is 20.5. The number of benzene rings is 1. The molecule has 0 aliphatic carbocycles. The number of hydrogen-bond acceptors (Lipinski definition) is 4. The second-order valence-electron chi connectivity index (χ2n) is 8.05. The van der Waals surface area contributed by atoms with Gasteiger partial charge in [-0.05, 0) is 62.4 Å². The van der Waals surface area contributed by atoms with Crippen LogP contribution in [0.3, 0.4) is 0 Å². The number of H-pyrrole nitrogens is 1. The van der Waals surface area contributed by atoms with Crippen LogP contribution in [0.1, 0.15) is 35.2 Å². The van der Waals surface area contributed by atoms with Crippen LogP contribution < -0.4 is 10.2 Å². The van der Waals surface area contributed by atoms with Crippen molar-refractivity contribution in [1.29, 1.82) is 0 Å². The normalized spacial score (nSPS) is 19.5. The van der Waals surface area contributed by atoms with Gasteiger partial charge < -0.3 is 15.2 Å². The number of rotatable bonds is 4. The van der Waals surface area contributed by atoms with Crippen molar-refractivity contribution >= 4 is 22.8 Å². The number of halogens is 1. The Morgan fingerprint density at radius 2 is 2.00 bits per heavy atom. The average Bonchev–Trinajstić information content (AvgIpc) is 3.09. The van der Waals surface area contributed by atoms with E-state index in [4.69, 9.17) is 0 Å². The van der Waals surface area contributed by atoms with Crippen LogP contribution in [-0.4, -0.2) is 40.5 Å². The lowest BCUT2D eigenvalue weighted by Crippen LogP contribution is -2.45. The number of nitrogens with one attached hydrogen (secondary N) is 2. The predicted molar refractivity (Wildman–Crippen MR) is 112 cm³/mol. The van der Waals surface area contributed by atoms with Crippen molar-refractivity contribution in [3.8, 4) is 0 Å². The first-order valence-corrected chi connectivity index (χ1v) is 10.0. The maximum Gasteiger partial charge on any atom is 0.267 e. The van der Waals surface area contributed by atoms with E-state index < -0.39 is 0 Å². The van der Waals surface area contributed by atoms with Crippen molar-refractivity contribution in [3.05, 3.63) is 53.2 Å². The third-order valence-corrected chi connectivity index (χ3v) is 5.72. The van der Waals surface area contributed by atoms with Gasteiger partial charge in [0, 0.05) is 41.9 Å². The molecule has 1 fully saturated rings. The average molecular weight is 395 g/mol. The van der Waals surface area contributed by atoms with E-state index >= 15 is 0 Å². The maximum atomic E-state index is 13.4. The summed E-state index contributed by atoms with van der Waals surface area (Å²) in [6.07, 6.45) is 1.03. The van der Waals surface area contributed by atoms with Gasteiger partial charge in [0.25, 0.3) is 5.91 Å². The van der Waals surface area contributed by atoms with E-state index in [1.807, 2.05) is 19.9 Å². The molecule has 0 bridgehead atoms. The van der Waals surface area contributed by atoms with Gasteiger partial charge in [-0.15, -0.1) is 0 Å². The molecular formula is C22H26FN5O. The number of aromatic amines is 1. The van der Waals surface area contributed by atoms with E-state index in [9.17, 15) is 9.18 Å². The third kappa shape index (κ3) is 4.23. The van der Waals surface area contributed by atoms with Gasteiger partial charge in [0.15, 0.2) is 0 Å². The molecule has 2 aromatic heterocycles. The van der Waals surface area contributed by atoms with E-state index in [1.54, 1.807) is 12.1 Å². The van der Waals surface area contributed by atoms with Crippen molar-refractivity contribution in [3.63, 3.8) is 0 Å². The molecule has 4 rings (SSSR count). The van der Waals surface area contributed by atoms with Crippen LogP contribution in [-0.2, 0) is 0 Å². The van der Waals surface area contributed by atoms with Gasteiger partial charge in [0.2, 0.25) is 5.95 Å². The van der Waals surface area contributed by atoms with Gasteiger partial charge in [-0.25, -0.2) is 14.4 Å². The van der Waals surface area contributed by atoms with Crippen LogP contribution in [0.25, 0.3) is 10.9 Å². The molecule has 2 unspecified atom stereocenters. The molecule has 1 aliphatic heterocycles. The number of fused-ring (bicyclic) bond motifs is 1. The summed E-state index contributed by atoms with van der Waals surface area (Å²) in [7, 11) is 0. The largest absolute Gasteiger partial charge is 0.351 e. The fourth-order valence-corrected chi connectivity index (χ4v) is 3.99. The number of hydrogen-bond donors (Lipinski definition) is 2. The predicted octanol–water partition coefficient (Wildman–Crippen LogP) is 3.61. The van der Waals surface area contributed by atoms with Crippen LogP contribution in [0, 0.1) is 31.5 Å². The lowest BCUT2D eigenvalue weighted by molar-refractivity contribution is 0.0936. The molecule has 1 aromatic carbocycles. The minimum absolute atomic E-state index is 0.173. The quantitative estimate of drug-likeness (QED) is 0.708. The number of carbonyl (C=O) groups is 1. The highest BCUT2D eigenvalue weighted by atomic mass is 19.1. The molecule has 2 N–H and O–H groups in total. The van der Waals surface area contributed by atoms with Crippen LogP contribution in [0.2, 0.25) is 0 Å². The first-order chi connectivity index (χ1) is 13.9.